The van der Waals surface area contributed by atoms with Crippen LogP contribution in [0.2, 0.25) is 0 Å². The molecule has 9 nitrogen and oxygen atoms in total. The maximum Gasteiger partial charge on any atom is 0.413 e. The number of ether oxygens (including phenoxy) is 3. The van der Waals surface area contributed by atoms with E-state index in [0.717, 1.165) is 21.5 Å². The highest BCUT2D eigenvalue weighted by atomic mass is 32.2. The monoisotopic (exact) mass is 540 g/mol. The molecule has 0 aromatic carbocycles. The average molecular weight is 541 g/mol. The molecule has 192 valence electrons. The van der Waals surface area contributed by atoms with Crippen molar-refractivity contribution < 1.29 is 23.8 Å². The lowest BCUT2D eigenvalue weighted by atomic mass is 10.1. The molecule has 2 aliphatic heterocycles. The van der Waals surface area contributed by atoms with E-state index >= 15 is 0 Å². The van der Waals surface area contributed by atoms with Crippen LogP contribution in [-0.2, 0) is 14.2 Å². The Morgan fingerprint density at radius 2 is 1.94 bits per heavy atom. The van der Waals surface area contributed by atoms with Gasteiger partial charge < -0.3 is 14.2 Å². The molecule has 0 bridgehead atoms. The number of nitrogens with zero attached hydrogens (tertiary/aromatic N) is 3. The van der Waals surface area contributed by atoms with Crippen molar-refractivity contribution in [3.8, 4) is 0 Å². The molecule has 2 saturated heterocycles. The van der Waals surface area contributed by atoms with Crippen molar-refractivity contribution in [3.63, 3.8) is 0 Å². The van der Waals surface area contributed by atoms with Crippen LogP contribution >= 0.6 is 34.4 Å². The molecule has 1 unspecified atom stereocenters. The van der Waals surface area contributed by atoms with Crippen molar-refractivity contribution in [1.82, 2.24) is 20.2 Å². The van der Waals surface area contributed by atoms with Gasteiger partial charge in [0.2, 0.25) is 0 Å². The third-order valence-corrected chi connectivity index (χ3v) is 8.64. The number of thiazole rings is 2. The molecule has 0 saturated carbocycles. The van der Waals surface area contributed by atoms with Crippen molar-refractivity contribution in [2.45, 2.75) is 83.4 Å². The van der Waals surface area contributed by atoms with Gasteiger partial charge in [-0.05, 0) is 48.5 Å². The smallest absolute Gasteiger partial charge is 0.413 e. The van der Waals surface area contributed by atoms with Gasteiger partial charge in [0, 0.05) is 16.5 Å². The summed E-state index contributed by atoms with van der Waals surface area (Å²) in [6.07, 6.45) is -0.645. The molecule has 0 aliphatic carbocycles. The van der Waals surface area contributed by atoms with Crippen LogP contribution in [0.4, 0.5) is 4.79 Å². The van der Waals surface area contributed by atoms with Crippen LogP contribution in [-0.4, -0.2) is 56.7 Å². The SMILES string of the molecule is CCOC(=O)c1csc([C@@H]2CSC(c3csc([C@@H]4[C@@H](C)OC(C)(C)N4C(=O)OC(C)(C)C)n3)N2)n1. The highest BCUT2D eigenvalue weighted by molar-refractivity contribution is 7.99. The number of hydrogen-bond acceptors (Lipinski definition) is 11. The number of amides is 1. The van der Waals surface area contributed by atoms with E-state index in [1.165, 1.54) is 22.7 Å². The zero-order valence-corrected chi connectivity index (χ0v) is 23.4. The Labute approximate surface area is 217 Å². The maximum absolute atomic E-state index is 13.1. The van der Waals surface area contributed by atoms with Gasteiger partial charge in [-0.15, -0.1) is 34.4 Å². The first kappa shape index (κ1) is 26.3. The predicted octanol–water partition coefficient (Wildman–Crippen LogP) is 5.29. The second-order valence-electron chi connectivity index (χ2n) is 9.90. The summed E-state index contributed by atoms with van der Waals surface area (Å²) in [6, 6.07) is -0.318. The van der Waals surface area contributed by atoms with Crippen LogP contribution in [0.3, 0.4) is 0 Å². The zero-order chi connectivity index (χ0) is 25.5. The number of thioether (sulfide) groups is 1. The van der Waals surface area contributed by atoms with E-state index in [2.05, 4.69) is 10.3 Å². The summed E-state index contributed by atoms with van der Waals surface area (Å²) in [5.41, 5.74) is -0.177. The minimum absolute atomic E-state index is 0.0134. The van der Waals surface area contributed by atoms with E-state index in [1.54, 1.807) is 29.0 Å². The van der Waals surface area contributed by atoms with Gasteiger partial charge in [0.15, 0.2) is 5.69 Å². The normalized spacial score (nSPS) is 26.2. The van der Waals surface area contributed by atoms with Crippen LogP contribution in [0.25, 0.3) is 0 Å². The molecule has 0 radical (unpaired) electrons. The van der Waals surface area contributed by atoms with Crippen molar-refractivity contribution in [2.75, 3.05) is 12.4 Å². The predicted molar refractivity (Wildman–Crippen MR) is 137 cm³/mol. The number of carbonyl (C=O) groups excluding carboxylic acids is 2. The van der Waals surface area contributed by atoms with E-state index in [-0.39, 0.29) is 23.6 Å². The molecule has 2 aromatic rings. The van der Waals surface area contributed by atoms with E-state index in [9.17, 15) is 9.59 Å². The Morgan fingerprint density at radius 1 is 1.23 bits per heavy atom. The fourth-order valence-electron chi connectivity index (χ4n) is 4.16. The molecule has 0 spiro atoms. The van der Waals surface area contributed by atoms with Crippen LogP contribution < -0.4 is 5.32 Å². The first-order valence-corrected chi connectivity index (χ1v) is 14.4. The molecule has 1 N–H and O–H groups in total. The molecule has 2 fully saturated rings. The number of aromatic nitrogens is 2. The minimum atomic E-state index is -0.814. The van der Waals surface area contributed by atoms with Gasteiger partial charge in [0.05, 0.1) is 29.8 Å². The first-order chi connectivity index (χ1) is 16.4. The number of nitrogens with one attached hydrogen (secondary N) is 1. The fraction of sp³-hybridized carbons (Fsp3) is 0.652. The highest BCUT2D eigenvalue weighted by Crippen LogP contribution is 2.45. The van der Waals surface area contributed by atoms with Crippen molar-refractivity contribution in [1.29, 1.82) is 0 Å². The van der Waals surface area contributed by atoms with Gasteiger partial charge in [-0.25, -0.2) is 19.6 Å². The second-order valence-corrected chi connectivity index (χ2v) is 12.8. The van der Waals surface area contributed by atoms with Gasteiger partial charge in [-0.2, -0.15) is 0 Å². The van der Waals surface area contributed by atoms with Crippen molar-refractivity contribution in [3.05, 3.63) is 32.2 Å². The Balaban J connectivity index is 1.49. The molecule has 35 heavy (non-hydrogen) atoms. The molecular formula is C23H32N4O5S3. The van der Waals surface area contributed by atoms with Crippen LogP contribution in [0.15, 0.2) is 10.8 Å². The summed E-state index contributed by atoms with van der Waals surface area (Å²) in [7, 11) is 0. The number of carbonyl (C=O) groups is 2. The van der Waals surface area contributed by atoms with Gasteiger partial charge in [0.25, 0.3) is 0 Å². The average Bonchev–Trinajstić information content (AvgIpc) is 3.51. The Hall–Kier alpha value is -1.73. The Bertz CT molecular complexity index is 1080. The summed E-state index contributed by atoms with van der Waals surface area (Å²) in [5, 5.41) is 8.99. The molecule has 4 heterocycles. The number of hydrogen-bond donors (Lipinski definition) is 1. The van der Waals surface area contributed by atoms with E-state index in [4.69, 9.17) is 19.2 Å². The van der Waals surface area contributed by atoms with Gasteiger partial charge in [0.1, 0.15) is 27.4 Å². The van der Waals surface area contributed by atoms with Crippen LogP contribution in [0.1, 0.15) is 92.1 Å². The third-order valence-electron chi connectivity index (χ3n) is 5.52. The summed E-state index contributed by atoms with van der Waals surface area (Å²) >= 11 is 4.72. The van der Waals surface area contributed by atoms with E-state index in [0.29, 0.717) is 12.3 Å². The zero-order valence-electron chi connectivity index (χ0n) is 21.0. The summed E-state index contributed by atoms with van der Waals surface area (Å²) in [5.74, 6) is 0.416. The van der Waals surface area contributed by atoms with Gasteiger partial charge in [-0.1, -0.05) is 0 Å². The van der Waals surface area contributed by atoms with Crippen LogP contribution in [0, 0.1) is 0 Å². The molecule has 4 atom stereocenters. The second kappa shape index (κ2) is 9.97. The Morgan fingerprint density at radius 3 is 2.63 bits per heavy atom. The highest BCUT2D eigenvalue weighted by Gasteiger charge is 2.51. The molecular weight excluding hydrogens is 508 g/mol. The molecule has 4 rings (SSSR count). The lowest BCUT2D eigenvalue weighted by Gasteiger charge is -2.34. The van der Waals surface area contributed by atoms with Crippen LogP contribution in [0.5, 0.6) is 0 Å². The van der Waals surface area contributed by atoms with Gasteiger partial charge in [-0.3, -0.25) is 10.2 Å². The first-order valence-electron chi connectivity index (χ1n) is 11.5. The van der Waals surface area contributed by atoms with E-state index in [1.807, 2.05) is 46.9 Å². The largest absolute Gasteiger partial charge is 0.461 e. The number of rotatable bonds is 5. The van der Waals surface area contributed by atoms with E-state index < -0.39 is 23.4 Å². The maximum atomic E-state index is 13.1. The summed E-state index contributed by atoms with van der Waals surface area (Å²) in [4.78, 5) is 36.1. The summed E-state index contributed by atoms with van der Waals surface area (Å²) < 4.78 is 16.9. The van der Waals surface area contributed by atoms with Crippen molar-refractivity contribution in [2.24, 2.45) is 0 Å². The fourth-order valence-corrected chi connectivity index (χ4v) is 7.42. The molecule has 2 aromatic heterocycles. The third kappa shape index (κ3) is 5.66. The lowest BCUT2D eigenvalue weighted by Crippen LogP contribution is -2.47. The lowest BCUT2D eigenvalue weighted by molar-refractivity contribution is -0.0757. The van der Waals surface area contributed by atoms with Crippen molar-refractivity contribution >= 4 is 46.5 Å². The Kier molecular flexibility index (Phi) is 7.50. The quantitative estimate of drug-likeness (QED) is 0.507. The number of esters is 1. The molecule has 2 aliphatic rings. The summed E-state index contributed by atoms with van der Waals surface area (Å²) in [6.45, 7) is 13.4. The topological polar surface area (TPSA) is 103 Å². The molecule has 1 amide bonds. The standard InChI is InChI=1S/C23H32N4O5S3/c1-8-30-20(28)15-11-34-18(26-15)13-9-33-17(24-13)14-10-35-19(25-14)16-12(2)31-23(6,7)27(16)21(29)32-22(3,4)5/h10-13,16-17,24H,8-9H2,1-7H3/t12-,13+,16+,17?/m1/s1. The van der Waals surface area contributed by atoms with Gasteiger partial charge >= 0.3 is 12.1 Å². The molecule has 12 heteroatoms. The minimum Gasteiger partial charge on any atom is -0.461 e.